The van der Waals surface area contributed by atoms with Gasteiger partial charge in [-0.1, -0.05) is 42.5 Å². The highest BCUT2D eigenvalue weighted by Gasteiger charge is 2.21. The molecule has 2 rings (SSSR count). The summed E-state index contributed by atoms with van der Waals surface area (Å²) >= 11 is 1.67. The van der Waals surface area contributed by atoms with Gasteiger partial charge in [-0.15, -0.1) is 11.8 Å². The lowest BCUT2D eigenvalue weighted by atomic mass is 10.0. The number of nitrogens with one attached hydrogen (secondary N) is 1. The smallest absolute Gasteiger partial charge is 0.0965 e. The van der Waals surface area contributed by atoms with Gasteiger partial charge in [0.25, 0.3) is 0 Å². The minimum absolute atomic E-state index is 0.107. The lowest BCUT2D eigenvalue weighted by molar-refractivity contribution is 0.0844. The Morgan fingerprint density at radius 2 is 1.70 bits per heavy atom. The standard InChI is InChI=1S/C19H25NO2S/c1-14(12-15-6-4-3-5-7-15)20-18(13-21)19(22)16-8-10-17(23-2)11-9-16/h3-11,14,18-22H,12-13H2,1-2H3. The molecule has 3 N–H and O–H groups in total. The maximum Gasteiger partial charge on any atom is 0.0965 e. The van der Waals surface area contributed by atoms with Crippen molar-refractivity contribution < 1.29 is 10.2 Å². The Hall–Kier alpha value is -1.33. The lowest BCUT2D eigenvalue weighted by Crippen LogP contribution is -2.44. The largest absolute Gasteiger partial charge is 0.395 e. The molecular weight excluding hydrogens is 306 g/mol. The Kier molecular flexibility index (Phi) is 7.12. The SMILES string of the molecule is CSc1ccc(C(O)C(CO)NC(C)Cc2ccccc2)cc1. The van der Waals surface area contributed by atoms with Gasteiger partial charge in [-0.3, -0.25) is 0 Å². The number of aliphatic hydroxyl groups excluding tert-OH is 2. The Morgan fingerprint density at radius 3 is 2.26 bits per heavy atom. The molecule has 0 saturated heterocycles. The Labute approximate surface area is 142 Å². The van der Waals surface area contributed by atoms with Crippen molar-refractivity contribution in [3.05, 3.63) is 65.7 Å². The molecule has 0 aliphatic rings. The van der Waals surface area contributed by atoms with E-state index in [1.165, 1.54) is 5.56 Å². The summed E-state index contributed by atoms with van der Waals surface area (Å²) in [6, 6.07) is 17.8. The van der Waals surface area contributed by atoms with Crippen LogP contribution in [0, 0.1) is 0 Å². The fourth-order valence-corrected chi connectivity index (χ4v) is 3.08. The summed E-state index contributed by atoms with van der Waals surface area (Å²) in [5.74, 6) is 0. The first-order valence-electron chi connectivity index (χ1n) is 7.87. The predicted molar refractivity (Wildman–Crippen MR) is 96.8 cm³/mol. The topological polar surface area (TPSA) is 52.5 Å². The maximum absolute atomic E-state index is 10.5. The van der Waals surface area contributed by atoms with Gasteiger partial charge in [-0.25, -0.2) is 0 Å². The van der Waals surface area contributed by atoms with Crippen molar-refractivity contribution in [3.63, 3.8) is 0 Å². The number of hydrogen-bond donors (Lipinski definition) is 3. The zero-order valence-corrected chi connectivity index (χ0v) is 14.5. The summed E-state index contributed by atoms with van der Waals surface area (Å²) in [6.07, 6.45) is 2.15. The van der Waals surface area contributed by atoms with Crippen molar-refractivity contribution in [2.75, 3.05) is 12.9 Å². The second-order valence-electron chi connectivity index (χ2n) is 5.76. The zero-order valence-electron chi connectivity index (χ0n) is 13.6. The fourth-order valence-electron chi connectivity index (χ4n) is 2.67. The molecule has 124 valence electrons. The summed E-state index contributed by atoms with van der Waals surface area (Å²) in [5, 5.41) is 23.5. The van der Waals surface area contributed by atoms with E-state index in [9.17, 15) is 10.2 Å². The number of aliphatic hydroxyl groups is 2. The van der Waals surface area contributed by atoms with Gasteiger partial charge in [-0.2, -0.15) is 0 Å². The highest BCUT2D eigenvalue weighted by atomic mass is 32.2. The summed E-state index contributed by atoms with van der Waals surface area (Å²) in [7, 11) is 0. The molecule has 3 atom stereocenters. The van der Waals surface area contributed by atoms with Gasteiger partial charge in [0.1, 0.15) is 0 Å². The highest BCUT2D eigenvalue weighted by Crippen LogP contribution is 2.21. The van der Waals surface area contributed by atoms with Crippen molar-refractivity contribution in [2.45, 2.75) is 36.4 Å². The molecule has 3 nitrogen and oxygen atoms in total. The van der Waals surface area contributed by atoms with Gasteiger partial charge in [-0.05, 0) is 42.9 Å². The van der Waals surface area contributed by atoms with Crippen LogP contribution < -0.4 is 5.32 Å². The quantitative estimate of drug-likeness (QED) is 0.651. The third kappa shape index (κ3) is 5.36. The highest BCUT2D eigenvalue weighted by molar-refractivity contribution is 7.98. The molecule has 3 unspecified atom stereocenters. The summed E-state index contributed by atoms with van der Waals surface area (Å²) in [6.45, 7) is 1.96. The van der Waals surface area contributed by atoms with Crippen molar-refractivity contribution in [3.8, 4) is 0 Å². The molecule has 2 aromatic rings. The van der Waals surface area contributed by atoms with E-state index in [-0.39, 0.29) is 18.7 Å². The average Bonchev–Trinajstić information content (AvgIpc) is 2.60. The molecule has 0 bridgehead atoms. The molecule has 0 heterocycles. The molecule has 0 amide bonds. The number of rotatable bonds is 8. The number of thioether (sulfide) groups is 1. The first-order valence-corrected chi connectivity index (χ1v) is 9.09. The normalized spacial score (nSPS) is 15.1. The molecule has 23 heavy (non-hydrogen) atoms. The minimum atomic E-state index is -0.728. The van der Waals surface area contributed by atoms with E-state index in [0.717, 1.165) is 16.9 Å². The van der Waals surface area contributed by atoms with Crippen molar-refractivity contribution >= 4 is 11.8 Å². The van der Waals surface area contributed by atoms with Gasteiger partial charge in [0.15, 0.2) is 0 Å². The zero-order chi connectivity index (χ0) is 16.7. The average molecular weight is 331 g/mol. The third-order valence-corrected chi connectivity index (χ3v) is 4.66. The molecule has 2 aromatic carbocycles. The van der Waals surface area contributed by atoms with Gasteiger partial charge >= 0.3 is 0 Å². The van der Waals surface area contributed by atoms with Gasteiger partial charge in [0.2, 0.25) is 0 Å². The van der Waals surface area contributed by atoms with Crippen LogP contribution in [0.1, 0.15) is 24.2 Å². The molecule has 0 fully saturated rings. The summed E-state index contributed by atoms with van der Waals surface area (Å²) in [4.78, 5) is 1.16. The van der Waals surface area contributed by atoms with Crippen LogP contribution in [0.5, 0.6) is 0 Å². The van der Waals surface area contributed by atoms with E-state index in [4.69, 9.17) is 0 Å². The van der Waals surface area contributed by atoms with Gasteiger partial charge in [0, 0.05) is 10.9 Å². The van der Waals surface area contributed by atoms with E-state index >= 15 is 0 Å². The van der Waals surface area contributed by atoms with Gasteiger partial charge < -0.3 is 15.5 Å². The molecule has 0 aliphatic heterocycles. The fraction of sp³-hybridized carbons (Fsp3) is 0.368. The Morgan fingerprint density at radius 1 is 1.04 bits per heavy atom. The molecule has 0 aliphatic carbocycles. The van der Waals surface area contributed by atoms with Crippen molar-refractivity contribution in [1.29, 1.82) is 0 Å². The monoisotopic (exact) mass is 331 g/mol. The molecular formula is C19H25NO2S. The van der Waals surface area contributed by atoms with E-state index in [2.05, 4.69) is 24.4 Å². The van der Waals surface area contributed by atoms with Crippen LogP contribution in [-0.2, 0) is 6.42 Å². The van der Waals surface area contributed by atoms with Gasteiger partial charge in [0.05, 0.1) is 18.8 Å². The van der Waals surface area contributed by atoms with Crippen LogP contribution >= 0.6 is 11.8 Å². The van der Waals surface area contributed by atoms with Crippen LogP contribution in [0.4, 0.5) is 0 Å². The Bertz CT molecular complexity index is 574. The second kappa shape index (κ2) is 9.08. The van der Waals surface area contributed by atoms with Crippen LogP contribution in [0.15, 0.2) is 59.5 Å². The van der Waals surface area contributed by atoms with Crippen molar-refractivity contribution in [1.82, 2.24) is 5.32 Å². The van der Waals surface area contributed by atoms with E-state index in [1.54, 1.807) is 11.8 Å². The van der Waals surface area contributed by atoms with Crippen LogP contribution in [0.25, 0.3) is 0 Å². The van der Waals surface area contributed by atoms with Crippen LogP contribution in [0.3, 0.4) is 0 Å². The maximum atomic E-state index is 10.5. The van der Waals surface area contributed by atoms with Crippen LogP contribution in [0.2, 0.25) is 0 Å². The summed E-state index contributed by atoms with van der Waals surface area (Å²) in [5.41, 5.74) is 2.06. The van der Waals surface area contributed by atoms with Crippen molar-refractivity contribution in [2.24, 2.45) is 0 Å². The van der Waals surface area contributed by atoms with E-state index in [0.29, 0.717) is 0 Å². The lowest BCUT2D eigenvalue weighted by Gasteiger charge is -2.26. The Balaban J connectivity index is 1.97. The third-order valence-electron chi connectivity index (χ3n) is 3.92. The summed E-state index contributed by atoms with van der Waals surface area (Å²) < 4.78 is 0. The van der Waals surface area contributed by atoms with Crippen LogP contribution in [-0.4, -0.2) is 35.2 Å². The van der Waals surface area contributed by atoms with E-state index in [1.807, 2.05) is 48.7 Å². The first kappa shape index (κ1) is 18.0. The molecule has 0 saturated carbocycles. The molecule has 0 radical (unpaired) electrons. The number of benzene rings is 2. The second-order valence-corrected chi connectivity index (χ2v) is 6.64. The number of hydrogen-bond acceptors (Lipinski definition) is 4. The molecule has 4 heteroatoms. The van der Waals surface area contributed by atoms with E-state index < -0.39 is 6.10 Å². The predicted octanol–water partition coefficient (Wildman–Crippen LogP) is 3.02. The minimum Gasteiger partial charge on any atom is -0.395 e. The molecule has 0 spiro atoms. The molecule has 0 aromatic heterocycles. The first-order chi connectivity index (χ1) is 11.1.